The van der Waals surface area contributed by atoms with Crippen LogP contribution in [0.15, 0.2) is 18.2 Å². The average Bonchev–Trinajstić information content (AvgIpc) is 2.29. The highest BCUT2D eigenvalue weighted by atomic mass is 15.1. The van der Waals surface area contributed by atoms with Crippen LogP contribution in [0.2, 0.25) is 0 Å². The van der Waals surface area contributed by atoms with Crippen LogP contribution in [0, 0.1) is 5.92 Å². The van der Waals surface area contributed by atoms with E-state index in [-0.39, 0.29) is 0 Å². The van der Waals surface area contributed by atoms with Crippen LogP contribution in [-0.2, 0) is 13.0 Å². The van der Waals surface area contributed by atoms with Gasteiger partial charge in [0.25, 0.3) is 0 Å². The Balaban J connectivity index is 1.90. The van der Waals surface area contributed by atoms with Crippen molar-refractivity contribution in [2.45, 2.75) is 39.7 Å². The van der Waals surface area contributed by atoms with Crippen LogP contribution in [0.4, 0.5) is 5.69 Å². The molecule has 0 bridgehead atoms. The van der Waals surface area contributed by atoms with Gasteiger partial charge in [-0.2, -0.15) is 0 Å². The molecule has 1 heterocycles. The Morgan fingerprint density at radius 1 is 1.35 bits per heavy atom. The molecule has 2 N–H and O–H groups in total. The minimum absolute atomic E-state index is 0.822. The Hall–Kier alpha value is -1.02. The van der Waals surface area contributed by atoms with Gasteiger partial charge in [-0.05, 0) is 48.9 Å². The number of hydrogen-bond donors (Lipinski definition) is 1. The van der Waals surface area contributed by atoms with Crippen LogP contribution in [0.5, 0.6) is 0 Å². The van der Waals surface area contributed by atoms with E-state index in [0.29, 0.717) is 0 Å². The monoisotopic (exact) mass is 232 g/mol. The van der Waals surface area contributed by atoms with Crippen molar-refractivity contribution in [3.63, 3.8) is 0 Å². The first-order chi connectivity index (χ1) is 8.16. The fourth-order valence-corrected chi connectivity index (χ4v) is 2.61. The van der Waals surface area contributed by atoms with Gasteiger partial charge in [0, 0.05) is 18.8 Å². The lowest BCUT2D eigenvalue weighted by molar-refractivity contribution is 0.245. The van der Waals surface area contributed by atoms with Crippen LogP contribution >= 0.6 is 0 Å². The van der Waals surface area contributed by atoms with Crippen molar-refractivity contribution in [2.75, 3.05) is 18.8 Å². The Bertz CT molecular complexity index is 371. The summed E-state index contributed by atoms with van der Waals surface area (Å²) in [6.45, 7) is 8.07. The van der Waals surface area contributed by atoms with Crippen molar-refractivity contribution >= 4 is 5.69 Å². The summed E-state index contributed by atoms with van der Waals surface area (Å²) in [6.07, 6.45) is 3.76. The van der Waals surface area contributed by atoms with Gasteiger partial charge in [-0.25, -0.2) is 0 Å². The Labute approximate surface area is 105 Å². The van der Waals surface area contributed by atoms with E-state index >= 15 is 0 Å². The molecule has 17 heavy (non-hydrogen) atoms. The van der Waals surface area contributed by atoms with Crippen molar-refractivity contribution in [1.29, 1.82) is 0 Å². The molecule has 94 valence electrons. The molecule has 0 amide bonds. The third-order valence-electron chi connectivity index (χ3n) is 3.64. The lowest BCUT2D eigenvalue weighted by Crippen LogP contribution is -2.31. The normalized spacial score (nSPS) is 16.2. The molecule has 1 aliphatic heterocycles. The number of benzene rings is 1. The van der Waals surface area contributed by atoms with Gasteiger partial charge in [-0.15, -0.1) is 0 Å². The van der Waals surface area contributed by atoms with Gasteiger partial charge in [-0.1, -0.05) is 26.0 Å². The zero-order chi connectivity index (χ0) is 12.3. The predicted octanol–water partition coefficient (Wildman–Crippen LogP) is 3.06. The minimum atomic E-state index is 0.822. The highest BCUT2D eigenvalue weighted by Gasteiger charge is 2.17. The van der Waals surface area contributed by atoms with Crippen molar-refractivity contribution in [3.05, 3.63) is 29.3 Å². The molecule has 2 nitrogen and oxygen atoms in total. The van der Waals surface area contributed by atoms with E-state index in [2.05, 4.69) is 30.9 Å². The quantitative estimate of drug-likeness (QED) is 0.808. The van der Waals surface area contributed by atoms with Gasteiger partial charge in [0.1, 0.15) is 0 Å². The predicted molar refractivity (Wildman–Crippen MR) is 73.9 cm³/mol. The van der Waals surface area contributed by atoms with E-state index in [1.165, 1.54) is 37.1 Å². The number of nitrogens with two attached hydrogens (primary N) is 1. The van der Waals surface area contributed by atoms with E-state index in [0.717, 1.165) is 24.6 Å². The van der Waals surface area contributed by atoms with E-state index in [1.54, 1.807) is 0 Å². The first-order valence-corrected chi connectivity index (χ1v) is 6.75. The zero-order valence-electron chi connectivity index (χ0n) is 11.1. The minimum Gasteiger partial charge on any atom is -0.398 e. The molecule has 0 atom stereocenters. The van der Waals surface area contributed by atoms with Gasteiger partial charge in [0.15, 0.2) is 0 Å². The molecule has 1 aliphatic rings. The molecule has 0 radical (unpaired) electrons. The Morgan fingerprint density at radius 3 is 2.94 bits per heavy atom. The molecule has 2 heteroatoms. The number of anilines is 1. The second kappa shape index (κ2) is 5.54. The molecule has 0 saturated carbocycles. The lowest BCUT2D eigenvalue weighted by atomic mass is 9.97. The molecule has 0 aliphatic carbocycles. The van der Waals surface area contributed by atoms with Gasteiger partial charge in [0.2, 0.25) is 0 Å². The standard InChI is InChI=1S/C15H24N2/c1-12(2)5-4-9-17-10-8-14-13(11-17)6-3-7-15(14)16/h3,6-7,12H,4-5,8-11,16H2,1-2H3. The van der Waals surface area contributed by atoms with Crippen LogP contribution in [-0.4, -0.2) is 18.0 Å². The molecule has 0 spiro atoms. The van der Waals surface area contributed by atoms with Crippen LogP contribution in [0.1, 0.15) is 37.8 Å². The van der Waals surface area contributed by atoms with Crippen LogP contribution in [0.3, 0.4) is 0 Å². The number of rotatable bonds is 4. The smallest absolute Gasteiger partial charge is 0.0350 e. The molecule has 1 aromatic carbocycles. The second-order valence-electron chi connectivity index (χ2n) is 5.55. The van der Waals surface area contributed by atoms with Crippen molar-refractivity contribution in [2.24, 2.45) is 5.92 Å². The summed E-state index contributed by atoms with van der Waals surface area (Å²) < 4.78 is 0. The third-order valence-corrected chi connectivity index (χ3v) is 3.64. The topological polar surface area (TPSA) is 29.3 Å². The zero-order valence-corrected chi connectivity index (χ0v) is 11.1. The van der Waals surface area contributed by atoms with Gasteiger partial charge >= 0.3 is 0 Å². The molecular weight excluding hydrogens is 208 g/mol. The Morgan fingerprint density at radius 2 is 2.18 bits per heavy atom. The van der Waals surface area contributed by atoms with Crippen molar-refractivity contribution in [1.82, 2.24) is 4.90 Å². The van der Waals surface area contributed by atoms with Gasteiger partial charge in [0.05, 0.1) is 0 Å². The van der Waals surface area contributed by atoms with E-state index in [4.69, 9.17) is 5.73 Å². The molecule has 0 unspecified atom stereocenters. The number of nitrogen functional groups attached to an aromatic ring is 1. The van der Waals surface area contributed by atoms with Gasteiger partial charge in [-0.3, -0.25) is 4.90 Å². The molecule has 0 fully saturated rings. The van der Waals surface area contributed by atoms with Gasteiger partial charge < -0.3 is 5.73 Å². The number of hydrogen-bond acceptors (Lipinski definition) is 2. The SMILES string of the molecule is CC(C)CCCN1CCc2c(N)cccc2C1. The highest BCUT2D eigenvalue weighted by molar-refractivity contribution is 5.51. The number of nitrogens with zero attached hydrogens (tertiary/aromatic N) is 1. The maximum Gasteiger partial charge on any atom is 0.0350 e. The highest BCUT2D eigenvalue weighted by Crippen LogP contribution is 2.24. The molecule has 2 rings (SSSR count). The van der Waals surface area contributed by atoms with Crippen molar-refractivity contribution in [3.8, 4) is 0 Å². The molecule has 0 aromatic heterocycles. The Kier molecular flexibility index (Phi) is 4.06. The average molecular weight is 232 g/mol. The summed E-state index contributed by atoms with van der Waals surface area (Å²) in [5, 5.41) is 0. The van der Waals surface area contributed by atoms with Crippen LogP contribution in [0.25, 0.3) is 0 Å². The largest absolute Gasteiger partial charge is 0.398 e. The summed E-state index contributed by atoms with van der Waals surface area (Å²) >= 11 is 0. The van der Waals surface area contributed by atoms with E-state index < -0.39 is 0 Å². The fraction of sp³-hybridized carbons (Fsp3) is 0.600. The summed E-state index contributed by atoms with van der Waals surface area (Å²) in [5.41, 5.74) is 9.80. The fourth-order valence-electron chi connectivity index (χ4n) is 2.61. The first-order valence-electron chi connectivity index (χ1n) is 6.75. The lowest BCUT2D eigenvalue weighted by Gasteiger charge is -2.29. The first kappa shape index (κ1) is 12.4. The van der Waals surface area contributed by atoms with E-state index in [1.807, 2.05) is 6.07 Å². The summed E-state index contributed by atoms with van der Waals surface area (Å²) in [4.78, 5) is 2.56. The van der Waals surface area contributed by atoms with E-state index in [9.17, 15) is 0 Å². The van der Waals surface area contributed by atoms with Crippen LogP contribution < -0.4 is 5.73 Å². The molecule has 1 aromatic rings. The molecular formula is C15H24N2. The maximum absolute atomic E-state index is 6.01. The second-order valence-corrected chi connectivity index (χ2v) is 5.55. The third kappa shape index (κ3) is 3.22. The summed E-state index contributed by atoms with van der Waals surface area (Å²) in [7, 11) is 0. The number of fused-ring (bicyclic) bond motifs is 1. The summed E-state index contributed by atoms with van der Waals surface area (Å²) in [5.74, 6) is 0.822. The summed E-state index contributed by atoms with van der Waals surface area (Å²) in [6, 6.07) is 6.32. The maximum atomic E-state index is 6.01. The molecule has 0 saturated heterocycles. The van der Waals surface area contributed by atoms with Crippen molar-refractivity contribution < 1.29 is 0 Å².